The van der Waals surface area contributed by atoms with E-state index in [1.54, 1.807) is 36.0 Å². The van der Waals surface area contributed by atoms with Gasteiger partial charge in [0, 0.05) is 17.2 Å². The highest BCUT2D eigenvalue weighted by molar-refractivity contribution is 7.99. The summed E-state index contributed by atoms with van der Waals surface area (Å²) in [5.74, 6) is 0.504. The molecular weight excluding hydrogens is 336 g/mol. The molecule has 0 aliphatic carbocycles. The lowest BCUT2D eigenvalue weighted by molar-refractivity contribution is -0.121. The predicted octanol–water partition coefficient (Wildman–Crippen LogP) is 2.01. The van der Waals surface area contributed by atoms with Crippen LogP contribution >= 0.6 is 11.8 Å². The Bertz CT molecular complexity index is 938. The van der Waals surface area contributed by atoms with E-state index in [1.165, 1.54) is 5.56 Å². The van der Waals surface area contributed by atoms with Crippen molar-refractivity contribution in [3.05, 3.63) is 64.4 Å². The van der Waals surface area contributed by atoms with Crippen LogP contribution in [0.15, 0.2) is 58.2 Å². The molecule has 0 fully saturated rings. The van der Waals surface area contributed by atoms with E-state index in [-0.39, 0.29) is 18.0 Å². The van der Waals surface area contributed by atoms with Gasteiger partial charge in [0.05, 0.1) is 5.39 Å². The van der Waals surface area contributed by atoms with Crippen LogP contribution in [0.4, 0.5) is 0 Å². The first-order chi connectivity index (χ1) is 12.1. The van der Waals surface area contributed by atoms with Gasteiger partial charge in [0.25, 0.3) is 5.56 Å². The van der Waals surface area contributed by atoms with Crippen molar-refractivity contribution in [3.63, 3.8) is 0 Å². The SMILES string of the molecule is Cc1ccc(SCCNC(=O)Cn2nnc3ccccc3c2=O)cc1. The van der Waals surface area contributed by atoms with Crippen LogP contribution in [0.1, 0.15) is 5.56 Å². The molecule has 0 spiro atoms. The molecule has 0 saturated heterocycles. The molecule has 0 bridgehead atoms. The van der Waals surface area contributed by atoms with E-state index in [0.717, 1.165) is 15.3 Å². The lowest BCUT2D eigenvalue weighted by Crippen LogP contribution is -2.35. The molecule has 1 amide bonds. The van der Waals surface area contributed by atoms with Gasteiger partial charge in [-0.2, -0.15) is 0 Å². The first-order valence-electron chi connectivity index (χ1n) is 7.92. The number of amides is 1. The standard InChI is InChI=1S/C18H18N4O2S/c1-13-6-8-14(9-7-13)25-11-10-19-17(23)12-22-18(24)15-4-2-3-5-16(15)20-21-22/h2-9H,10-12H2,1H3,(H,19,23). The smallest absolute Gasteiger partial charge is 0.278 e. The maximum absolute atomic E-state index is 12.3. The summed E-state index contributed by atoms with van der Waals surface area (Å²) in [5.41, 5.74) is 1.44. The number of nitrogens with zero attached hydrogens (tertiary/aromatic N) is 3. The second-order valence-corrected chi connectivity index (χ2v) is 6.75. The summed E-state index contributed by atoms with van der Waals surface area (Å²) in [5, 5.41) is 11.0. The van der Waals surface area contributed by atoms with Crippen molar-refractivity contribution >= 4 is 28.6 Å². The van der Waals surface area contributed by atoms with Crippen LogP contribution in [0.3, 0.4) is 0 Å². The highest BCUT2D eigenvalue weighted by atomic mass is 32.2. The summed E-state index contributed by atoms with van der Waals surface area (Å²) < 4.78 is 1.09. The summed E-state index contributed by atoms with van der Waals surface area (Å²) in [4.78, 5) is 25.5. The maximum Gasteiger partial charge on any atom is 0.278 e. The van der Waals surface area contributed by atoms with Gasteiger partial charge in [-0.1, -0.05) is 35.0 Å². The van der Waals surface area contributed by atoms with Crippen molar-refractivity contribution < 1.29 is 4.79 Å². The van der Waals surface area contributed by atoms with Gasteiger partial charge >= 0.3 is 0 Å². The van der Waals surface area contributed by atoms with Crippen LogP contribution < -0.4 is 10.9 Å². The van der Waals surface area contributed by atoms with E-state index in [9.17, 15) is 9.59 Å². The number of nitrogens with one attached hydrogen (secondary N) is 1. The number of carbonyl (C=O) groups excluding carboxylic acids is 1. The molecule has 128 valence electrons. The number of aryl methyl sites for hydroxylation is 1. The zero-order valence-electron chi connectivity index (χ0n) is 13.8. The Labute approximate surface area is 149 Å². The van der Waals surface area contributed by atoms with Gasteiger partial charge in [-0.25, -0.2) is 4.68 Å². The molecule has 3 aromatic rings. The number of hydrogen-bond donors (Lipinski definition) is 1. The summed E-state index contributed by atoms with van der Waals surface area (Å²) in [6.45, 7) is 2.44. The lowest BCUT2D eigenvalue weighted by Gasteiger charge is -2.07. The number of benzene rings is 2. The number of hydrogen-bond acceptors (Lipinski definition) is 5. The van der Waals surface area contributed by atoms with Gasteiger partial charge in [-0.3, -0.25) is 9.59 Å². The lowest BCUT2D eigenvalue weighted by atomic mass is 10.2. The second-order valence-electron chi connectivity index (χ2n) is 5.58. The van der Waals surface area contributed by atoms with Crippen molar-refractivity contribution in [2.75, 3.05) is 12.3 Å². The first kappa shape index (κ1) is 17.2. The van der Waals surface area contributed by atoms with E-state index >= 15 is 0 Å². The summed E-state index contributed by atoms with van der Waals surface area (Å²) in [7, 11) is 0. The number of fused-ring (bicyclic) bond motifs is 1. The van der Waals surface area contributed by atoms with Crippen LogP contribution in [0.2, 0.25) is 0 Å². The number of aromatic nitrogens is 3. The fourth-order valence-corrected chi connectivity index (χ4v) is 3.08. The highest BCUT2D eigenvalue weighted by Gasteiger charge is 2.09. The van der Waals surface area contributed by atoms with Crippen molar-refractivity contribution in [1.29, 1.82) is 0 Å². The van der Waals surface area contributed by atoms with Gasteiger partial charge in [0.2, 0.25) is 5.91 Å². The Morgan fingerprint density at radius 1 is 1.16 bits per heavy atom. The van der Waals surface area contributed by atoms with Crippen LogP contribution in [-0.4, -0.2) is 33.2 Å². The first-order valence-corrected chi connectivity index (χ1v) is 8.91. The Hall–Kier alpha value is -2.67. The average molecular weight is 354 g/mol. The molecule has 7 heteroatoms. The third kappa shape index (κ3) is 4.45. The highest BCUT2D eigenvalue weighted by Crippen LogP contribution is 2.17. The van der Waals surface area contributed by atoms with Crippen LogP contribution in [0.5, 0.6) is 0 Å². The van der Waals surface area contributed by atoms with Crippen LogP contribution in [-0.2, 0) is 11.3 Å². The van der Waals surface area contributed by atoms with Crippen LogP contribution in [0.25, 0.3) is 10.9 Å². The molecule has 1 N–H and O–H groups in total. The van der Waals surface area contributed by atoms with Crippen LogP contribution in [0, 0.1) is 6.92 Å². The molecule has 2 aromatic carbocycles. The van der Waals surface area contributed by atoms with Gasteiger partial charge in [-0.05, 0) is 31.2 Å². The minimum Gasteiger partial charge on any atom is -0.354 e. The fraction of sp³-hybridized carbons (Fsp3) is 0.222. The molecule has 6 nitrogen and oxygen atoms in total. The molecule has 1 heterocycles. The summed E-state index contributed by atoms with van der Waals surface area (Å²) in [6.07, 6.45) is 0. The molecule has 0 saturated carbocycles. The largest absolute Gasteiger partial charge is 0.354 e. The van der Waals surface area contributed by atoms with Gasteiger partial charge < -0.3 is 5.32 Å². The molecule has 0 atom stereocenters. The molecule has 25 heavy (non-hydrogen) atoms. The number of rotatable bonds is 6. The number of thioether (sulfide) groups is 1. The third-order valence-electron chi connectivity index (χ3n) is 3.64. The van der Waals surface area contributed by atoms with E-state index in [2.05, 4.69) is 39.9 Å². The Kier molecular flexibility index (Phi) is 5.45. The second kappa shape index (κ2) is 7.94. The molecule has 0 radical (unpaired) electrons. The minimum atomic E-state index is -0.310. The quantitative estimate of drug-likeness (QED) is 0.541. The van der Waals surface area contributed by atoms with E-state index in [1.807, 2.05) is 6.92 Å². The average Bonchev–Trinajstić information content (AvgIpc) is 2.63. The normalized spacial score (nSPS) is 10.8. The molecule has 0 unspecified atom stereocenters. The zero-order valence-corrected chi connectivity index (χ0v) is 14.6. The van der Waals surface area contributed by atoms with E-state index in [4.69, 9.17) is 0 Å². The van der Waals surface area contributed by atoms with Crippen molar-refractivity contribution in [2.45, 2.75) is 18.4 Å². The topological polar surface area (TPSA) is 76.9 Å². The number of carbonyl (C=O) groups is 1. The predicted molar refractivity (Wildman–Crippen MR) is 98.7 cm³/mol. The summed E-state index contributed by atoms with van der Waals surface area (Å²) in [6, 6.07) is 15.2. The maximum atomic E-state index is 12.3. The van der Waals surface area contributed by atoms with Gasteiger partial charge in [-0.15, -0.1) is 16.9 Å². The molecule has 3 rings (SSSR count). The third-order valence-corrected chi connectivity index (χ3v) is 4.65. The molecular formula is C18H18N4O2S. The van der Waals surface area contributed by atoms with E-state index < -0.39 is 0 Å². The fourth-order valence-electron chi connectivity index (χ4n) is 2.31. The van der Waals surface area contributed by atoms with Crippen molar-refractivity contribution in [3.8, 4) is 0 Å². The zero-order chi connectivity index (χ0) is 17.6. The Morgan fingerprint density at radius 3 is 2.72 bits per heavy atom. The Balaban J connectivity index is 1.52. The van der Waals surface area contributed by atoms with Crippen molar-refractivity contribution in [1.82, 2.24) is 20.3 Å². The summed E-state index contributed by atoms with van der Waals surface area (Å²) >= 11 is 1.67. The van der Waals surface area contributed by atoms with Gasteiger partial charge in [0.1, 0.15) is 12.1 Å². The van der Waals surface area contributed by atoms with Crippen molar-refractivity contribution in [2.24, 2.45) is 0 Å². The molecule has 1 aromatic heterocycles. The minimum absolute atomic E-state index is 0.133. The van der Waals surface area contributed by atoms with E-state index in [0.29, 0.717) is 17.4 Å². The molecule has 0 aliphatic rings. The molecule has 0 aliphatic heterocycles. The van der Waals surface area contributed by atoms with Gasteiger partial charge in [0.15, 0.2) is 0 Å². The monoisotopic (exact) mass is 354 g/mol. The Morgan fingerprint density at radius 2 is 1.92 bits per heavy atom.